The Balaban J connectivity index is 1.65. The standard InChI is InChI=1S/C24H28N2O2/c1-3-4-13-23(27)26-14-7-11-21(17-26)24(28)25-22-12-6-10-20(16-22)19-9-5-8-18(2)15-19/h3,5-6,8-10,12,15-16,21H,1,4,7,11,13-14,17H2,2H3,(H,25,28)/t21-/m1/s1. The lowest BCUT2D eigenvalue weighted by atomic mass is 9.96. The largest absolute Gasteiger partial charge is 0.342 e. The van der Waals surface area contributed by atoms with Crippen LogP contribution in [0.1, 0.15) is 31.2 Å². The Hall–Kier alpha value is -2.88. The SMILES string of the molecule is C=CCCC(=O)N1CCC[C@@H](C(=O)Nc2cccc(-c3cccc(C)c3)c2)C1. The summed E-state index contributed by atoms with van der Waals surface area (Å²) in [6.45, 7) is 6.97. The number of nitrogens with zero attached hydrogens (tertiary/aromatic N) is 1. The summed E-state index contributed by atoms with van der Waals surface area (Å²) in [7, 11) is 0. The number of piperidine rings is 1. The van der Waals surface area contributed by atoms with E-state index in [0.717, 1.165) is 36.2 Å². The normalized spacial score (nSPS) is 16.5. The molecule has 0 saturated carbocycles. The van der Waals surface area contributed by atoms with Crippen LogP contribution < -0.4 is 5.32 Å². The van der Waals surface area contributed by atoms with Gasteiger partial charge in [-0.15, -0.1) is 6.58 Å². The Morgan fingerprint density at radius 1 is 1.18 bits per heavy atom. The Labute approximate surface area is 167 Å². The molecule has 146 valence electrons. The molecule has 1 atom stereocenters. The van der Waals surface area contributed by atoms with E-state index in [2.05, 4.69) is 37.0 Å². The molecule has 1 fully saturated rings. The molecule has 0 bridgehead atoms. The van der Waals surface area contributed by atoms with Gasteiger partial charge >= 0.3 is 0 Å². The summed E-state index contributed by atoms with van der Waals surface area (Å²) < 4.78 is 0. The van der Waals surface area contributed by atoms with Crippen molar-refractivity contribution >= 4 is 17.5 Å². The topological polar surface area (TPSA) is 49.4 Å². The predicted octanol–water partition coefficient (Wildman–Crippen LogP) is 4.81. The molecule has 0 spiro atoms. The van der Waals surface area contributed by atoms with Crippen LogP contribution in [0.3, 0.4) is 0 Å². The first kappa shape index (κ1) is 19.9. The van der Waals surface area contributed by atoms with Crippen molar-refractivity contribution in [3.8, 4) is 11.1 Å². The zero-order valence-electron chi connectivity index (χ0n) is 16.5. The maximum Gasteiger partial charge on any atom is 0.229 e. The fourth-order valence-electron chi connectivity index (χ4n) is 3.65. The maximum atomic E-state index is 12.8. The van der Waals surface area contributed by atoms with Crippen molar-refractivity contribution in [1.82, 2.24) is 4.90 Å². The Morgan fingerprint density at radius 3 is 2.68 bits per heavy atom. The summed E-state index contributed by atoms with van der Waals surface area (Å²) in [6, 6.07) is 16.2. The third kappa shape index (κ3) is 5.10. The molecular weight excluding hydrogens is 348 g/mol. The van der Waals surface area contributed by atoms with E-state index in [1.807, 2.05) is 35.2 Å². The van der Waals surface area contributed by atoms with Gasteiger partial charge in [-0.05, 0) is 49.4 Å². The van der Waals surface area contributed by atoms with Gasteiger partial charge in [0.2, 0.25) is 11.8 Å². The number of likely N-dealkylation sites (tertiary alicyclic amines) is 1. The third-order valence-corrected chi connectivity index (χ3v) is 5.19. The molecule has 28 heavy (non-hydrogen) atoms. The van der Waals surface area contributed by atoms with Gasteiger partial charge in [0.1, 0.15) is 0 Å². The Morgan fingerprint density at radius 2 is 1.93 bits per heavy atom. The summed E-state index contributed by atoms with van der Waals surface area (Å²) in [6.07, 6.45) is 4.58. The van der Waals surface area contributed by atoms with Gasteiger partial charge in [0.05, 0.1) is 5.92 Å². The molecule has 4 nitrogen and oxygen atoms in total. The van der Waals surface area contributed by atoms with Crippen LogP contribution in [0.2, 0.25) is 0 Å². The molecule has 1 saturated heterocycles. The molecule has 4 heteroatoms. The molecule has 3 rings (SSSR count). The first-order chi connectivity index (χ1) is 13.6. The first-order valence-corrected chi connectivity index (χ1v) is 9.93. The average molecular weight is 377 g/mol. The van der Waals surface area contributed by atoms with E-state index < -0.39 is 0 Å². The highest BCUT2D eigenvalue weighted by Crippen LogP contribution is 2.25. The van der Waals surface area contributed by atoms with E-state index in [-0.39, 0.29) is 17.7 Å². The van der Waals surface area contributed by atoms with Crippen molar-refractivity contribution in [2.75, 3.05) is 18.4 Å². The zero-order valence-corrected chi connectivity index (χ0v) is 16.5. The predicted molar refractivity (Wildman–Crippen MR) is 114 cm³/mol. The van der Waals surface area contributed by atoms with Crippen LogP contribution >= 0.6 is 0 Å². The fraction of sp³-hybridized carbons (Fsp3) is 0.333. The zero-order chi connectivity index (χ0) is 19.9. The lowest BCUT2D eigenvalue weighted by molar-refractivity contribution is -0.134. The minimum absolute atomic E-state index is 0.0115. The number of benzene rings is 2. The highest BCUT2D eigenvalue weighted by Gasteiger charge is 2.28. The van der Waals surface area contributed by atoms with Crippen LogP contribution in [-0.4, -0.2) is 29.8 Å². The minimum Gasteiger partial charge on any atom is -0.342 e. The number of anilines is 1. The lowest BCUT2D eigenvalue weighted by Crippen LogP contribution is -2.43. The summed E-state index contributed by atoms with van der Waals surface area (Å²) in [4.78, 5) is 26.9. The number of nitrogens with one attached hydrogen (secondary N) is 1. The first-order valence-electron chi connectivity index (χ1n) is 9.93. The van der Waals surface area contributed by atoms with Crippen molar-refractivity contribution in [3.63, 3.8) is 0 Å². The van der Waals surface area contributed by atoms with E-state index in [1.54, 1.807) is 6.08 Å². The van der Waals surface area contributed by atoms with Crippen molar-refractivity contribution in [2.45, 2.75) is 32.6 Å². The highest BCUT2D eigenvalue weighted by atomic mass is 16.2. The third-order valence-electron chi connectivity index (χ3n) is 5.19. The van der Waals surface area contributed by atoms with Crippen molar-refractivity contribution in [1.29, 1.82) is 0 Å². The van der Waals surface area contributed by atoms with E-state index in [4.69, 9.17) is 0 Å². The second-order valence-corrected chi connectivity index (χ2v) is 7.45. The van der Waals surface area contributed by atoms with Crippen LogP contribution in [-0.2, 0) is 9.59 Å². The number of hydrogen-bond acceptors (Lipinski definition) is 2. The number of allylic oxidation sites excluding steroid dienone is 1. The van der Waals surface area contributed by atoms with Gasteiger partial charge in [-0.1, -0.05) is 48.0 Å². The summed E-state index contributed by atoms with van der Waals surface area (Å²) in [5.74, 6) is -0.0643. The number of hydrogen-bond donors (Lipinski definition) is 1. The maximum absolute atomic E-state index is 12.8. The second-order valence-electron chi connectivity index (χ2n) is 7.45. The van der Waals surface area contributed by atoms with Crippen LogP contribution in [0.25, 0.3) is 11.1 Å². The van der Waals surface area contributed by atoms with Gasteiger partial charge in [-0.25, -0.2) is 0 Å². The van der Waals surface area contributed by atoms with E-state index in [1.165, 1.54) is 5.56 Å². The van der Waals surface area contributed by atoms with E-state index in [0.29, 0.717) is 19.4 Å². The van der Waals surface area contributed by atoms with Gasteiger partial charge in [-0.2, -0.15) is 0 Å². The smallest absolute Gasteiger partial charge is 0.229 e. The van der Waals surface area contributed by atoms with E-state index in [9.17, 15) is 9.59 Å². The Kier molecular flexibility index (Phi) is 6.64. The van der Waals surface area contributed by atoms with Gasteiger partial charge in [0.15, 0.2) is 0 Å². The van der Waals surface area contributed by atoms with Gasteiger partial charge in [0.25, 0.3) is 0 Å². The van der Waals surface area contributed by atoms with Crippen molar-refractivity contribution < 1.29 is 9.59 Å². The highest BCUT2D eigenvalue weighted by molar-refractivity contribution is 5.93. The summed E-state index contributed by atoms with van der Waals surface area (Å²) >= 11 is 0. The average Bonchev–Trinajstić information content (AvgIpc) is 2.72. The lowest BCUT2D eigenvalue weighted by Gasteiger charge is -2.32. The van der Waals surface area contributed by atoms with Crippen molar-refractivity contribution in [2.24, 2.45) is 5.92 Å². The van der Waals surface area contributed by atoms with Crippen LogP contribution in [0.4, 0.5) is 5.69 Å². The fourth-order valence-corrected chi connectivity index (χ4v) is 3.65. The molecular formula is C24H28N2O2. The summed E-state index contributed by atoms with van der Waals surface area (Å²) in [5, 5.41) is 3.05. The monoisotopic (exact) mass is 376 g/mol. The van der Waals surface area contributed by atoms with Gasteiger partial charge in [0, 0.05) is 25.2 Å². The molecule has 0 aromatic heterocycles. The minimum atomic E-state index is -0.163. The van der Waals surface area contributed by atoms with E-state index >= 15 is 0 Å². The quantitative estimate of drug-likeness (QED) is 0.736. The molecule has 2 amide bonds. The number of amides is 2. The summed E-state index contributed by atoms with van der Waals surface area (Å²) in [5.41, 5.74) is 4.20. The number of carbonyl (C=O) groups excluding carboxylic acids is 2. The van der Waals surface area contributed by atoms with Gasteiger partial charge < -0.3 is 10.2 Å². The molecule has 2 aromatic rings. The Bertz CT molecular complexity index is 859. The van der Waals surface area contributed by atoms with Crippen molar-refractivity contribution in [3.05, 3.63) is 66.7 Å². The molecule has 0 aliphatic carbocycles. The molecule has 0 unspecified atom stereocenters. The molecule has 1 heterocycles. The number of aryl methyl sites for hydroxylation is 1. The van der Waals surface area contributed by atoms with Crippen LogP contribution in [0, 0.1) is 12.8 Å². The van der Waals surface area contributed by atoms with Crippen LogP contribution in [0.5, 0.6) is 0 Å². The molecule has 1 aliphatic heterocycles. The second kappa shape index (κ2) is 9.36. The number of rotatable bonds is 6. The number of carbonyl (C=O) groups is 2. The molecule has 0 radical (unpaired) electrons. The van der Waals surface area contributed by atoms with Gasteiger partial charge in [-0.3, -0.25) is 9.59 Å². The molecule has 1 N–H and O–H groups in total. The molecule has 2 aromatic carbocycles. The van der Waals surface area contributed by atoms with Crippen LogP contribution in [0.15, 0.2) is 61.2 Å². The molecule has 1 aliphatic rings.